The first-order valence-corrected chi connectivity index (χ1v) is 6.30. The molecule has 120 valence electrons. The van der Waals surface area contributed by atoms with Crippen LogP contribution in [0.4, 0.5) is 0 Å². The highest BCUT2D eigenvalue weighted by Crippen LogP contribution is 2.20. The average molecular weight is 304 g/mol. The highest BCUT2D eigenvalue weighted by atomic mass is 16.5. The van der Waals surface area contributed by atoms with Gasteiger partial charge < -0.3 is 38.1 Å². The van der Waals surface area contributed by atoms with Crippen LogP contribution in [0.25, 0.3) is 0 Å². The van der Waals surface area contributed by atoms with E-state index in [2.05, 4.69) is 0 Å². The first kappa shape index (κ1) is 19.5. The molecule has 0 unspecified atom stereocenters. The molecule has 21 heavy (non-hydrogen) atoms. The van der Waals surface area contributed by atoms with Crippen LogP contribution in [0.15, 0.2) is 0 Å². The lowest BCUT2D eigenvalue weighted by molar-refractivity contribution is -0.131. The van der Waals surface area contributed by atoms with Gasteiger partial charge in [0.1, 0.15) is 51.6 Å². The van der Waals surface area contributed by atoms with E-state index >= 15 is 0 Å². The van der Waals surface area contributed by atoms with Gasteiger partial charge in [-0.2, -0.15) is 0 Å². The molecule has 0 fully saturated rings. The van der Waals surface area contributed by atoms with Crippen LogP contribution in [-0.4, -0.2) is 78.0 Å². The summed E-state index contributed by atoms with van der Waals surface area (Å²) in [7, 11) is 0. The van der Waals surface area contributed by atoms with E-state index < -0.39 is 5.41 Å². The lowest BCUT2D eigenvalue weighted by Crippen LogP contribution is -2.42. The Hall–Kier alpha value is -1.48. The lowest BCUT2D eigenvalue weighted by atomic mass is 9.92. The van der Waals surface area contributed by atoms with E-state index in [1.54, 1.807) is 0 Å². The van der Waals surface area contributed by atoms with Gasteiger partial charge in [0.05, 0.1) is 31.8 Å². The maximum atomic E-state index is 10.3. The Bertz CT molecular complexity index is 243. The standard InChI is InChI=1S/C13H20O8/c14-1-5-18-9-13(10-19-6-2-15,11-20-7-3-16)12-21-8-4-17/h1-4H,5-12H2. The molecule has 0 aliphatic rings. The van der Waals surface area contributed by atoms with E-state index in [0.717, 1.165) is 0 Å². The van der Waals surface area contributed by atoms with Crippen molar-refractivity contribution >= 4 is 25.1 Å². The van der Waals surface area contributed by atoms with Gasteiger partial charge in [-0.1, -0.05) is 0 Å². The molecule has 0 radical (unpaired) electrons. The van der Waals surface area contributed by atoms with Crippen molar-refractivity contribution in [3.63, 3.8) is 0 Å². The molecule has 0 saturated carbocycles. The summed E-state index contributed by atoms with van der Waals surface area (Å²) >= 11 is 0. The molecule has 0 N–H and O–H groups in total. The zero-order valence-corrected chi connectivity index (χ0v) is 11.7. The Kier molecular flexibility index (Phi) is 12.5. The van der Waals surface area contributed by atoms with Crippen LogP contribution in [0.2, 0.25) is 0 Å². The van der Waals surface area contributed by atoms with Crippen LogP contribution in [0.3, 0.4) is 0 Å². The molecule has 0 aliphatic heterocycles. The summed E-state index contributed by atoms with van der Waals surface area (Å²) < 4.78 is 20.7. The number of rotatable bonds is 16. The Morgan fingerprint density at radius 2 is 0.762 bits per heavy atom. The first-order valence-electron chi connectivity index (χ1n) is 6.30. The van der Waals surface area contributed by atoms with E-state index in [-0.39, 0.29) is 52.9 Å². The highest BCUT2D eigenvalue weighted by molar-refractivity contribution is 5.51. The van der Waals surface area contributed by atoms with Gasteiger partial charge in [0.2, 0.25) is 0 Å². The summed E-state index contributed by atoms with van der Waals surface area (Å²) in [5.41, 5.74) is -0.821. The van der Waals surface area contributed by atoms with Gasteiger partial charge in [-0.15, -0.1) is 0 Å². The minimum absolute atomic E-state index is 0.0578. The number of ether oxygens (including phenoxy) is 4. The van der Waals surface area contributed by atoms with Crippen molar-refractivity contribution < 1.29 is 38.1 Å². The van der Waals surface area contributed by atoms with Crippen LogP contribution < -0.4 is 0 Å². The molecule has 0 aromatic heterocycles. The second-order valence-corrected chi connectivity index (χ2v) is 4.23. The van der Waals surface area contributed by atoms with E-state index in [4.69, 9.17) is 18.9 Å². The number of aldehydes is 4. The summed E-state index contributed by atoms with van der Waals surface area (Å²) in [6.45, 7) is -0.226. The smallest absolute Gasteiger partial charge is 0.145 e. The predicted octanol–water partition coefficient (Wildman–Crippen LogP) is -1.17. The molecule has 8 nitrogen and oxygen atoms in total. The minimum atomic E-state index is -0.821. The van der Waals surface area contributed by atoms with E-state index in [0.29, 0.717) is 25.1 Å². The molecule has 0 bridgehead atoms. The van der Waals surface area contributed by atoms with Gasteiger partial charge in [0.25, 0.3) is 0 Å². The fourth-order valence-electron chi connectivity index (χ4n) is 1.54. The van der Waals surface area contributed by atoms with Gasteiger partial charge in [-0.3, -0.25) is 0 Å². The van der Waals surface area contributed by atoms with Crippen LogP contribution in [-0.2, 0) is 38.1 Å². The molecule has 0 rings (SSSR count). The second-order valence-electron chi connectivity index (χ2n) is 4.23. The molecule has 0 saturated heterocycles. The number of hydrogen-bond donors (Lipinski definition) is 0. The monoisotopic (exact) mass is 304 g/mol. The van der Waals surface area contributed by atoms with Crippen molar-refractivity contribution in [3.8, 4) is 0 Å². The minimum Gasteiger partial charge on any atom is -0.373 e. The molecule has 0 heterocycles. The SMILES string of the molecule is O=CCOCC(COCC=O)(COCC=O)COCC=O. The third kappa shape index (κ3) is 9.97. The molecule has 0 aromatic rings. The summed E-state index contributed by atoms with van der Waals surface area (Å²) in [5, 5.41) is 0. The maximum absolute atomic E-state index is 10.3. The molecular formula is C13H20O8. The van der Waals surface area contributed by atoms with Crippen LogP contribution in [0, 0.1) is 5.41 Å². The maximum Gasteiger partial charge on any atom is 0.145 e. The lowest BCUT2D eigenvalue weighted by Gasteiger charge is -2.32. The quantitative estimate of drug-likeness (QED) is 0.259. The topological polar surface area (TPSA) is 105 Å². The normalized spacial score (nSPS) is 11.0. The molecule has 0 amide bonds. The van der Waals surface area contributed by atoms with Crippen LogP contribution in [0.1, 0.15) is 0 Å². The number of carbonyl (C=O) groups excluding carboxylic acids is 4. The van der Waals surface area contributed by atoms with Gasteiger partial charge >= 0.3 is 0 Å². The number of hydrogen-bond acceptors (Lipinski definition) is 8. The molecular weight excluding hydrogens is 284 g/mol. The number of carbonyl (C=O) groups is 4. The summed E-state index contributed by atoms with van der Waals surface area (Å²) in [6, 6.07) is 0. The van der Waals surface area contributed by atoms with Crippen LogP contribution in [0.5, 0.6) is 0 Å². The van der Waals surface area contributed by atoms with Gasteiger partial charge in [-0.25, -0.2) is 0 Å². The molecule has 0 aromatic carbocycles. The molecule has 0 spiro atoms. The zero-order valence-electron chi connectivity index (χ0n) is 11.7. The molecule has 8 heteroatoms. The van der Waals surface area contributed by atoms with Gasteiger partial charge in [0, 0.05) is 0 Å². The Morgan fingerprint density at radius 1 is 0.524 bits per heavy atom. The summed E-state index contributed by atoms with van der Waals surface area (Å²) in [5.74, 6) is 0. The third-order valence-corrected chi connectivity index (χ3v) is 2.38. The van der Waals surface area contributed by atoms with Gasteiger partial charge in [-0.05, 0) is 0 Å². The van der Waals surface area contributed by atoms with Crippen molar-refractivity contribution in [2.45, 2.75) is 0 Å². The third-order valence-electron chi connectivity index (χ3n) is 2.38. The van der Waals surface area contributed by atoms with E-state index in [1.165, 1.54) is 0 Å². The molecule has 0 atom stereocenters. The van der Waals surface area contributed by atoms with Crippen molar-refractivity contribution in [1.29, 1.82) is 0 Å². The van der Waals surface area contributed by atoms with Crippen LogP contribution >= 0.6 is 0 Å². The Balaban J connectivity index is 4.66. The zero-order chi connectivity index (χ0) is 15.8. The van der Waals surface area contributed by atoms with Crippen molar-refractivity contribution in [2.75, 3.05) is 52.9 Å². The first-order chi connectivity index (χ1) is 10.2. The van der Waals surface area contributed by atoms with Crippen molar-refractivity contribution in [2.24, 2.45) is 5.41 Å². The predicted molar refractivity (Wildman–Crippen MR) is 70.0 cm³/mol. The van der Waals surface area contributed by atoms with E-state index in [9.17, 15) is 19.2 Å². The van der Waals surface area contributed by atoms with Gasteiger partial charge in [0.15, 0.2) is 0 Å². The molecule has 0 aliphatic carbocycles. The van der Waals surface area contributed by atoms with E-state index in [1.807, 2.05) is 0 Å². The fourth-order valence-corrected chi connectivity index (χ4v) is 1.54. The fraction of sp³-hybridized carbons (Fsp3) is 0.692. The average Bonchev–Trinajstić information content (AvgIpc) is 2.48. The van der Waals surface area contributed by atoms with Crippen molar-refractivity contribution in [1.82, 2.24) is 0 Å². The largest absolute Gasteiger partial charge is 0.373 e. The van der Waals surface area contributed by atoms with Crippen molar-refractivity contribution in [3.05, 3.63) is 0 Å². The summed E-state index contributed by atoms with van der Waals surface area (Å²) in [4.78, 5) is 41.3. The Labute approximate surface area is 122 Å². The second kappa shape index (κ2) is 13.5. The highest BCUT2D eigenvalue weighted by Gasteiger charge is 2.32. The Morgan fingerprint density at radius 3 is 0.952 bits per heavy atom. The summed E-state index contributed by atoms with van der Waals surface area (Å²) in [6.07, 6.45) is 2.37.